The smallest absolute Gasteiger partial charge is 0.00952 e. The van der Waals surface area contributed by atoms with Gasteiger partial charge in [-0.25, -0.2) is 0 Å². The lowest BCUT2D eigenvalue weighted by atomic mass is 9.71. The van der Waals surface area contributed by atoms with Crippen molar-refractivity contribution in [1.82, 2.24) is 14.7 Å². The summed E-state index contributed by atoms with van der Waals surface area (Å²) in [4.78, 5) is 8.42. The van der Waals surface area contributed by atoms with Crippen molar-refractivity contribution in [2.75, 3.05) is 34.2 Å². The molecule has 4 saturated carbocycles. The van der Waals surface area contributed by atoms with Gasteiger partial charge in [-0.2, -0.15) is 0 Å². The van der Waals surface area contributed by atoms with Crippen molar-refractivity contribution in [2.45, 2.75) is 174 Å². The van der Waals surface area contributed by atoms with Crippen LogP contribution in [0.3, 0.4) is 0 Å². The highest BCUT2D eigenvalue weighted by molar-refractivity contribution is 4.90. The van der Waals surface area contributed by atoms with Gasteiger partial charge in [0.25, 0.3) is 0 Å². The summed E-state index contributed by atoms with van der Waals surface area (Å²) in [5.41, 5.74) is 0. The van der Waals surface area contributed by atoms with Crippen LogP contribution in [0.4, 0.5) is 0 Å². The van der Waals surface area contributed by atoms with E-state index in [0.29, 0.717) is 0 Å². The van der Waals surface area contributed by atoms with Crippen molar-refractivity contribution in [3.8, 4) is 0 Å². The first-order valence-corrected chi connectivity index (χ1v) is 17.6. The third-order valence-corrected chi connectivity index (χ3v) is 10.9. The van der Waals surface area contributed by atoms with E-state index in [9.17, 15) is 0 Å². The van der Waals surface area contributed by atoms with Gasteiger partial charge in [-0.15, -0.1) is 0 Å². The van der Waals surface area contributed by atoms with Crippen molar-refractivity contribution in [3.63, 3.8) is 0 Å². The molecule has 4 aliphatic carbocycles. The van der Waals surface area contributed by atoms with E-state index in [1.54, 1.807) is 0 Å². The summed E-state index contributed by atoms with van der Waals surface area (Å²) in [5.74, 6) is 2.69. The third-order valence-electron chi connectivity index (χ3n) is 10.9. The molecule has 3 nitrogen and oxygen atoms in total. The zero-order valence-corrected chi connectivity index (χ0v) is 27.5. The molecule has 3 unspecified atom stereocenters. The number of hydrogen-bond acceptors (Lipinski definition) is 3. The van der Waals surface area contributed by atoms with Gasteiger partial charge in [0, 0.05) is 37.3 Å². The number of nitrogens with zero attached hydrogens (tertiary/aromatic N) is 3. The van der Waals surface area contributed by atoms with Gasteiger partial charge in [-0.3, -0.25) is 0 Å². The molecular weight excluding hydrogens is 462 g/mol. The molecule has 4 fully saturated rings. The largest absolute Gasteiger partial charge is 0.303 e. The minimum Gasteiger partial charge on any atom is -0.303 e. The molecule has 4 rings (SSSR count). The van der Waals surface area contributed by atoms with E-state index in [1.165, 1.54) is 129 Å². The van der Waals surface area contributed by atoms with Crippen LogP contribution in [0.1, 0.15) is 150 Å². The van der Waals surface area contributed by atoms with Crippen LogP contribution < -0.4 is 0 Å². The summed E-state index contributed by atoms with van der Waals surface area (Å²) in [6.07, 6.45) is 26.2. The molecule has 3 heteroatoms. The van der Waals surface area contributed by atoms with Gasteiger partial charge < -0.3 is 14.7 Å². The Morgan fingerprint density at radius 3 is 1.21 bits per heavy atom. The second kappa shape index (κ2) is 19.1. The molecule has 4 aliphatic rings. The maximum absolute atomic E-state index is 2.83. The van der Waals surface area contributed by atoms with Gasteiger partial charge >= 0.3 is 0 Å². The summed E-state index contributed by atoms with van der Waals surface area (Å²) in [5, 5.41) is 0. The number of rotatable bonds is 9. The third kappa shape index (κ3) is 10.7. The lowest BCUT2D eigenvalue weighted by Crippen LogP contribution is -2.48. The monoisotopic (exact) mass is 534 g/mol. The van der Waals surface area contributed by atoms with Gasteiger partial charge in [-0.05, 0) is 104 Å². The van der Waals surface area contributed by atoms with Crippen molar-refractivity contribution < 1.29 is 0 Å². The Morgan fingerprint density at radius 2 is 0.842 bits per heavy atom. The van der Waals surface area contributed by atoms with E-state index < -0.39 is 0 Å². The predicted octanol–water partition coefficient (Wildman–Crippen LogP) is 9.25. The molecule has 0 saturated heterocycles. The zero-order chi connectivity index (χ0) is 27.9. The molecule has 0 heterocycles. The first kappa shape index (κ1) is 34.1. The minimum atomic E-state index is 0.744. The molecule has 0 radical (unpaired) electrons. The molecule has 0 aromatic heterocycles. The van der Waals surface area contributed by atoms with Crippen LogP contribution in [0.5, 0.6) is 0 Å². The van der Waals surface area contributed by atoms with Crippen LogP contribution in [0, 0.1) is 17.8 Å². The van der Waals surface area contributed by atoms with Crippen LogP contribution in [-0.2, 0) is 0 Å². The zero-order valence-electron chi connectivity index (χ0n) is 27.5. The lowest BCUT2D eigenvalue weighted by molar-refractivity contribution is 0.0382. The summed E-state index contributed by atoms with van der Waals surface area (Å²) in [6.45, 7) is 13.3. The SMILES string of the molecule is CC.CC.CC(C1CC(CN(C)C2CCCCC2)CC(CN(C)C2CCCCC2)C1)N(C)C1CCCCC1. The molecule has 0 aliphatic heterocycles. The molecule has 0 aromatic rings. The molecule has 0 N–H and O–H groups in total. The van der Waals surface area contributed by atoms with E-state index in [4.69, 9.17) is 0 Å². The molecule has 0 amide bonds. The fourth-order valence-electron chi connectivity index (χ4n) is 8.62. The fraction of sp³-hybridized carbons (Fsp3) is 1.00. The molecule has 0 bridgehead atoms. The topological polar surface area (TPSA) is 9.72 Å². The molecule has 3 atom stereocenters. The molecule has 38 heavy (non-hydrogen) atoms. The van der Waals surface area contributed by atoms with Crippen LogP contribution >= 0.6 is 0 Å². The highest BCUT2D eigenvalue weighted by Gasteiger charge is 2.37. The normalized spacial score (nSPS) is 29.0. The van der Waals surface area contributed by atoms with Crippen molar-refractivity contribution in [1.29, 1.82) is 0 Å². The second-order valence-corrected chi connectivity index (χ2v) is 13.4. The first-order valence-electron chi connectivity index (χ1n) is 17.6. The highest BCUT2D eigenvalue weighted by Crippen LogP contribution is 2.39. The van der Waals surface area contributed by atoms with E-state index in [1.807, 2.05) is 27.7 Å². The van der Waals surface area contributed by atoms with Crippen LogP contribution in [0.2, 0.25) is 0 Å². The van der Waals surface area contributed by atoms with E-state index in [2.05, 4.69) is 42.8 Å². The van der Waals surface area contributed by atoms with Gasteiger partial charge in [0.1, 0.15) is 0 Å². The van der Waals surface area contributed by atoms with Gasteiger partial charge in [0.05, 0.1) is 0 Å². The summed E-state index contributed by atoms with van der Waals surface area (Å²) < 4.78 is 0. The first-order chi connectivity index (χ1) is 18.5. The maximum Gasteiger partial charge on any atom is 0.00952 e. The average Bonchev–Trinajstić information content (AvgIpc) is 2.99. The van der Waals surface area contributed by atoms with Crippen LogP contribution in [0.15, 0.2) is 0 Å². The summed E-state index contributed by atoms with van der Waals surface area (Å²) >= 11 is 0. The molecular formula is C35H71N3. The Balaban J connectivity index is 0.00000121. The van der Waals surface area contributed by atoms with Crippen molar-refractivity contribution >= 4 is 0 Å². The Kier molecular flexibility index (Phi) is 17.1. The second-order valence-electron chi connectivity index (χ2n) is 13.4. The molecule has 0 spiro atoms. The average molecular weight is 534 g/mol. The van der Waals surface area contributed by atoms with Gasteiger partial charge in [-0.1, -0.05) is 85.5 Å². The summed E-state index contributed by atoms with van der Waals surface area (Å²) in [6, 6.07) is 3.31. The molecule has 0 aromatic carbocycles. The number of hydrogen-bond donors (Lipinski definition) is 0. The molecule has 226 valence electrons. The minimum absolute atomic E-state index is 0.744. The predicted molar refractivity (Wildman–Crippen MR) is 170 cm³/mol. The van der Waals surface area contributed by atoms with E-state index in [0.717, 1.165) is 41.9 Å². The van der Waals surface area contributed by atoms with E-state index in [-0.39, 0.29) is 0 Å². The van der Waals surface area contributed by atoms with Crippen LogP contribution in [-0.4, -0.2) is 73.1 Å². The maximum atomic E-state index is 2.83. The summed E-state index contributed by atoms with van der Waals surface area (Å²) in [7, 11) is 7.39. The Morgan fingerprint density at radius 1 is 0.500 bits per heavy atom. The van der Waals surface area contributed by atoms with Crippen LogP contribution in [0.25, 0.3) is 0 Å². The quantitative estimate of drug-likeness (QED) is 0.292. The lowest BCUT2D eigenvalue weighted by Gasteiger charge is -2.46. The van der Waals surface area contributed by atoms with Crippen molar-refractivity contribution in [3.05, 3.63) is 0 Å². The van der Waals surface area contributed by atoms with E-state index >= 15 is 0 Å². The fourth-order valence-corrected chi connectivity index (χ4v) is 8.62. The Labute approximate surface area is 240 Å². The van der Waals surface area contributed by atoms with Gasteiger partial charge in [0.2, 0.25) is 0 Å². The Hall–Kier alpha value is -0.120. The standard InChI is InChI=1S/C31H59N3.2C2H6/c1-25(34(4)31-18-12-7-13-19-31)28-21-26(23-32(2)29-14-8-5-9-15-29)20-27(22-28)24-33(3)30-16-10-6-11-17-30;2*1-2/h25-31H,5-24H2,1-4H3;2*1-2H3. The highest BCUT2D eigenvalue weighted by atomic mass is 15.2. The van der Waals surface area contributed by atoms with Crippen molar-refractivity contribution in [2.24, 2.45) is 17.8 Å². The Bertz CT molecular complexity index is 528. The van der Waals surface area contributed by atoms with Gasteiger partial charge in [0.15, 0.2) is 0 Å².